The molecule has 5 nitrogen and oxygen atoms in total. The number of aryl methyl sites for hydroxylation is 1. The molecule has 1 aromatic rings. The van der Waals surface area contributed by atoms with Gasteiger partial charge < -0.3 is 0 Å². The molecule has 0 unspecified atom stereocenters. The number of hydrogen-bond donors (Lipinski definition) is 1. The Labute approximate surface area is 115 Å². The lowest BCUT2D eigenvalue weighted by Gasteiger charge is -2.07. The molecule has 0 spiro atoms. The van der Waals surface area contributed by atoms with E-state index < -0.39 is 20.0 Å². The molecule has 0 saturated carbocycles. The van der Waals surface area contributed by atoms with Crippen LogP contribution in [-0.2, 0) is 26.5 Å². The Balaban J connectivity index is 2.87. The smallest absolute Gasteiger partial charge is 0.212 e. The van der Waals surface area contributed by atoms with Gasteiger partial charge in [-0.15, -0.1) is 4.13 Å². The minimum atomic E-state index is -4.00. The number of sulfonamides is 2. The highest BCUT2D eigenvalue weighted by atomic mass is 32.3. The standard InChI is InChI=1S/C12H19NO4S2/c1-10(2)4-5-11-6-8-12(9-7-11)19(16,17)13-18(3,14)15/h6-10,13H,4-5H2,1-3H3. The number of rotatable bonds is 6. The van der Waals surface area contributed by atoms with E-state index >= 15 is 0 Å². The topological polar surface area (TPSA) is 80.3 Å². The van der Waals surface area contributed by atoms with E-state index in [0.29, 0.717) is 5.92 Å². The Bertz CT molecular complexity index is 616. The van der Waals surface area contributed by atoms with Gasteiger partial charge >= 0.3 is 0 Å². The van der Waals surface area contributed by atoms with Gasteiger partial charge in [0.2, 0.25) is 10.0 Å². The maximum atomic E-state index is 11.7. The number of hydrogen-bond acceptors (Lipinski definition) is 4. The van der Waals surface area contributed by atoms with E-state index in [0.717, 1.165) is 24.7 Å². The predicted molar refractivity (Wildman–Crippen MR) is 74.8 cm³/mol. The van der Waals surface area contributed by atoms with Crippen molar-refractivity contribution in [2.45, 2.75) is 31.6 Å². The van der Waals surface area contributed by atoms with Gasteiger partial charge in [0, 0.05) is 0 Å². The molecule has 7 heteroatoms. The van der Waals surface area contributed by atoms with Crippen LogP contribution in [0.5, 0.6) is 0 Å². The van der Waals surface area contributed by atoms with E-state index in [4.69, 9.17) is 0 Å². The van der Waals surface area contributed by atoms with Crippen molar-refractivity contribution in [1.29, 1.82) is 0 Å². The Morgan fingerprint density at radius 3 is 2.00 bits per heavy atom. The molecule has 108 valence electrons. The predicted octanol–water partition coefficient (Wildman–Crippen LogP) is 1.51. The van der Waals surface area contributed by atoms with Crippen LogP contribution < -0.4 is 4.13 Å². The van der Waals surface area contributed by atoms with E-state index in [1.165, 1.54) is 12.1 Å². The molecule has 0 aliphatic rings. The van der Waals surface area contributed by atoms with Crippen molar-refractivity contribution in [1.82, 2.24) is 4.13 Å². The van der Waals surface area contributed by atoms with E-state index in [1.54, 1.807) is 16.3 Å². The summed E-state index contributed by atoms with van der Waals surface area (Å²) >= 11 is 0. The molecule has 0 amide bonds. The van der Waals surface area contributed by atoms with Crippen molar-refractivity contribution in [3.63, 3.8) is 0 Å². The van der Waals surface area contributed by atoms with Crippen LogP contribution in [-0.4, -0.2) is 23.1 Å². The van der Waals surface area contributed by atoms with Crippen molar-refractivity contribution >= 4 is 20.0 Å². The SMILES string of the molecule is CC(C)CCc1ccc(S(=O)(=O)NS(C)(=O)=O)cc1. The summed E-state index contributed by atoms with van der Waals surface area (Å²) in [6, 6.07) is 6.25. The molecular formula is C12H19NO4S2. The number of benzene rings is 1. The van der Waals surface area contributed by atoms with Crippen molar-refractivity contribution < 1.29 is 16.8 Å². The first kappa shape index (κ1) is 16.1. The fourth-order valence-electron chi connectivity index (χ4n) is 1.54. The van der Waals surface area contributed by atoms with Crippen LogP contribution >= 0.6 is 0 Å². The third-order valence-corrected chi connectivity index (χ3v) is 5.49. The molecule has 1 rings (SSSR count). The van der Waals surface area contributed by atoms with Crippen LogP contribution in [0.4, 0.5) is 0 Å². The third kappa shape index (κ3) is 5.71. The average molecular weight is 305 g/mol. The summed E-state index contributed by atoms with van der Waals surface area (Å²) in [5, 5.41) is 0. The largest absolute Gasteiger partial charge is 0.253 e. The zero-order chi connectivity index (χ0) is 14.7. The molecule has 0 bridgehead atoms. The Kier molecular flexibility index (Phi) is 5.11. The molecule has 1 N–H and O–H groups in total. The first-order valence-electron chi connectivity index (χ1n) is 5.93. The van der Waals surface area contributed by atoms with Crippen molar-refractivity contribution in [3.8, 4) is 0 Å². The lowest BCUT2D eigenvalue weighted by Crippen LogP contribution is -2.29. The Morgan fingerprint density at radius 1 is 1.05 bits per heavy atom. The molecule has 0 aromatic heterocycles. The quantitative estimate of drug-likeness (QED) is 0.864. The number of nitrogens with one attached hydrogen (secondary N) is 1. The van der Waals surface area contributed by atoms with Gasteiger partial charge in [-0.2, -0.15) is 0 Å². The zero-order valence-electron chi connectivity index (χ0n) is 11.3. The van der Waals surface area contributed by atoms with Gasteiger partial charge in [0.15, 0.2) is 0 Å². The lowest BCUT2D eigenvalue weighted by molar-refractivity contribution is 0.579. The van der Waals surface area contributed by atoms with Gasteiger partial charge in [-0.25, -0.2) is 16.8 Å². The van der Waals surface area contributed by atoms with E-state index in [9.17, 15) is 16.8 Å². The Morgan fingerprint density at radius 2 is 1.58 bits per heavy atom. The van der Waals surface area contributed by atoms with Gasteiger partial charge in [-0.05, 0) is 36.5 Å². The second kappa shape index (κ2) is 6.02. The van der Waals surface area contributed by atoms with E-state index in [-0.39, 0.29) is 4.90 Å². The second-order valence-corrected chi connectivity index (χ2v) is 8.62. The Hall–Kier alpha value is -0.920. The highest BCUT2D eigenvalue weighted by Gasteiger charge is 2.18. The fraction of sp³-hybridized carbons (Fsp3) is 0.500. The highest BCUT2D eigenvalue weighted by molar-refractivity contribution is 8.04. The normalized spacial score (nSPS) is 12.8. The molecule has 1 aromatic carbocycles. The molecule has 0 aliphatic heterocycles. The third-order valence-electron chi connectivity index (χ3n) is 2.51. The van der Waals surface area contributed by atoms with Crippen LogP contribution in [0.3, 0.4) is 0 Å². The molecule has 0 aliphatic carbocycles. The lowest BCUT2D eigenvalue weighted by atomic mass is 10.0. The summed E-state index contributed by atoms with van der Waals surface area (Å²) in [6.45, 7) is 4.24. The summed E-state index contributed by atoms with van der Waals surface area (Å²) in [5.41, 5.74) is 1.03. The van der Waals surface area contributed by atoms with Crippen LogP contribution in [0.1, 0.15) is 25.8 Å². The van der Waals surface area contributed by atoms with Crippen molar-refractivity contribution in [2.24, 2.45) is 5.92 Å². The van der Waals surface area contributed by atoms with Crippen LogP contribution in [0.15, 0.2) is 29.2 Å². The first-order chi connectivity index (χ1) is 8.60. The van der Waals surface area contributed by atoms with Gasteiger partial charge in [0.1, 0.15) is 0 Å². The minimum absolute atomic E-state index is 0.0498. The molecule has 0 heterocycles. The van der Waals surface area contributed by atoms with E-state index in [2.05, 4.69) is 13.8 Å². The highest BCUT2D eigenvalue weighted by Crippen LogP contribution is 2.14. The summed E-state index contributed by atoms with van der Waals surface area (Å²) in [4.78, 5) is -0.0498. The van der Waals surface area contributed by atoms with Crippen LogP contribution in [0.2, 0.25) is 0 Å². The molecule has 0 atom stereocenters. The summed E-state index contributed by atoms with van der Waals surface area (Å²) in [6.07, 6.45) is 2.70. The van der Waals surface area contributed by atoms with E-state index in [1.807, 2.05) is 0 Å². The van der Waals surface area contributed by atoms with Gasteiger partial charge in [0.05, 0.1) is 11.2 Å². The van der Waals surface area contributed by atoms with Crippen molar-refractivity contribution in [3.05, 3.63) is 29.8 Å². The zero-order valence-corrected chi connectivity index (χ0v) is 12.9. The average Bonchev–Trinajstić information content (AvgIpc) is 2.23. The maximum Gasteiger partial charge on any atom is 0.253 e. The fourth-order valence-corrected chi connectivity index (χ4v) is 4.01. The second-order valence-electron chi connectivity index (χ2n) is 4.94. The van der Waals surface area contributed by atoms with Crippen LogP contribution in [0.25, 0.3) is 0 Å². The van der Waals surface area contributed by atoms with Crippen LogP contribution in [0, 0.1) is 5.92 Å². The van der Waals surface area contributed by atoms with Crippen molar-refractivity contribution in [2.75, 3.05) is 6.26 Å². The minimum Gasteiger partial charge on any atom is -0.212 e. The molecule has 0 saturated heterocycles. The summed E-state index contributed by atoms with van der Waals surface area (Å²) in [7, 11) is -7.80. The van der Waals surface area contributed by atoms with Gasteiger partial charge in [-0.1, -0.05) is 26.0 Å². The molecule has 0 radical (unpaired) electrons. The summed E-state index contributed by atoms with van der Waals surface area (Å²) in [5.74, 6) is 0.579. The summed E-state index contributed by atoms with van der Waals surface area (Å²) < 4.78 is 47.0. The monoisotopic (exact) mass is 305 g/mol. The molecule has 19 heavy (non-hydrogen) atoms. The van der Waals surface area contributed by atoms with Gasteiger partial charge in [0.25, 0.3) is 10.0 Å². The van der Waals surface area contributed by atoms with Gasteiger partial charge in [-0.3, -0.25) is 0 Å². The first-order valence-corrected chi connectivity index (χ1v) is 9.30. The molecular weight excluding hydrogens is 286 g/mol. The maximum absolute atomic E-state index is 11.7. The molecule has 0 fully saturated rings.